The molecule has 0 radical (unpaired) electrons. The van der Waals surface area contributed by atoms with Gasteiger partial charge in [-0.1, -0.05) is 36.4 Å². The van der Waals surface area contributed by atoms with Crippen molar-refractivity contribution >= 4 is 17.5 Å². The lowest BCUT2D eigenvalue weighted by molar-refractivity contribution is -0.129. The van der Waals surface area contributed by atoms with Crippen molar-refractivity contribution in [2.24, 2.45) is 0 Å². The van der Waals surface area contributed by atoms with Gasteiger partial charge in [-0.25, -0.2) is 4.39 Å². The number of rotatable bonds is 6. The van der Waals surface area contributed by atoms with E-state index < -0.39 is 0 Å². The maximum absolute atomic E-state index is 13.8. The van der Waals surface area contributed by atoms with Gasteiger partial charge in [-0.2, -0.15) is 0 Å². The van der Waals surface area contributed by atoms with Crippen molar-refractivity contribution < 1.29 is 14.0 Å². The van der Waals surface area contributed by atoms with Crippen LogP contribution in [0.1, 0.15) is 30.9 Å². The topological polar surface area (TPSA) is 40.6 Å². The second-order valence-electron chi connectivity index (χ2n) is 6.88. The summed E-state index contributed by atoms with van der Waals surface area (Å²) in [6.07, 6.45) is 2.65. The predicted octanol–water partition coefficient (Wildman–Crippen LogP) is 3.59. The van der Waals surface area contributed by atoms with Gasteiger partial charge in [-0.15, -0.1) is 0 Å². The number of hydrogen-bond acceptors (Lipinski definition) is 2. The second kappa shape index (κ2) is 8.80. The molecule has 0 saturated carbocycles. The van der Waals surface area contributed by atoms with Crippen LogP contribution < -0.4 is 4.90 Å². The van der Waals surface area contributed by atoms with Crippen molar-refractivity contribution in [1.82, 2.24) is 4.90 Å². The van der Waals surface area contributed by atoms with Gasteiger partial charge in [0.2, 0.25) is 11.8 Å². The van der Waals surface area contributed by atoms with Crippen LogP contribution >= 0.6 is 0 Å². The summed E-state index contributed by atoms with van der Waals surface area (Å²) in [7, 11) is 0. The van der Waals surface area contributed by atoms with Crippen LogP contribution in [0.5, 0.6) is 0 Å². The van der Waals surface area contributed by atoms with Crippen LogP contribution in [0, 0.1) is 5.82 Å². The summed E-state index contributed by atoms with van der Waals surface area (Å²) in [5, 5.41) is 0. The number of halogens is 1. The highest BCUT2D eigenvalue weighted by molar-refractivity contribution is 5.94. The number of fused-ring (bicyclic) bond motifs is 1. The van der Waals surface area contributed by atoms with E-state index in [9.17, 15) is 14.0 Å². The number of benzene rings is 2. The molecule has 0 bridgehead atoms. The number of para-hydroxylation sites is 1. The van der Waals surface area contributed by atoms with Gasteiger partial charge in [-0.05, 0) is 42.5 Å². The van der Waals surface area contributed by atoms with Crippen LogP contribution in [0.2, 0.25) is 0 Å². The SMILES string of the molecule is CC(=O)N(CCC(=O)N1CCCc2ccccc21)CCc1ccccc1F. The summed E-state index contributed by atoms with van der Waals surface area (Å²) in [5.41, 5.74) is 2.76. The fraction of sp³-hybridized carbons (Fsp3) is 0.364. The fourth-order valence-electron chi connectivity index (χ4n) is 3.54. The molecule has 0 aromatic heterocycles. The number of carbonyl (C=O) groups excluding carboxylic acids is 2. The van der Waals surface area contributed by atoms with Crippen molar-refractivity contribution in [2.75, 3.05) is 24.5 Å². The van der Waals surface area contributed by atoms with Gasteiger partial charge >= 0.3 is 0 Å². The second-order valence-corrected chi connectivity index (χ2v) is 6.88. The first-order valence-electron chi connectivity index (χ1n) is 9.43. The summed E-state index contributed by atoms with van der Waals surface area (Å²) >= 11 is 0. The minimum atomic E-state index is -0.262. The molecular weight excluding hydrogens is 343 g/mol. The molecule has 0 unspecified atom stereocenters. The molecule has 0 aliphatic carbocycles. The highest BCUT2D eigenvalue weighted by atomic mass is 19.1. The Balaban J connectivity index is 1.59. The van der Waals surface area contributed by atoms with Gasteiger partial charge < -0.3 is 9.80 Å². The van der Waals surface area contributed by atoms with Crippen LogP contribution in [-0.2, 0) is 22.4 Å². The molecule has 142 valence electrons. The Morgan fingerprint density at radius 2 is 1.81 bits per heavy atom. The highest BCUT2D eigenvalue weighted by Crippen LogP contribution is 2.27. The number of nitrogens with zero attached hydrogens (tertiary/aromatic N) is 2. The van der Waals surface area contributed by atoms with Crippen LogP contribution in [0.25, 0.3) is 0 Å². The summed E-state index contributed by atoms with van der Waals surface area (Å²) in [4.78, 5) is 28.1. The van der Waals surface area contributed by atoms with Crippen LogP contribution in [-0.4, -0.2) is 36.3 Å². The Bertz CT molecular complexity index is 821. The van der Waals surface area contributed by atoms with E-state index in [4.69, 9.17) is 0 Å². The molecule has 0 saturated heterocycles. The third-order valence-electron chi connectivity index (χ3n) is 5.06. The van der Waals surface area contributed by atoms with Gasteiger partial charge in [0.25, 0.3) is 0 Å². The van der Waals surface area contributed by atoms with Crippen LogP contribution in [0.4, 0.5) is 10.1 Å². The van der Waals surface area contributed by atoms with Gasteiger partial charge in [0.1, 0.15) is 5.82 Å². The third kappa shape index (κ3) is 4.73. The lowest BCUT2D eigenvalue weighted by Gasteiger charge is -2.30. The molecule has 1 aliphatic heterocycles. The van der Waals surface area contributed by atoms with Crippen molar-refractivity contribution in [3.8, 4) is 0 Å². The molecule has 1 heterocycles. The lowest BCUT2D eigenvalue weighted by atomic mass is 10.0. The Morgan fingerprint density at radius 1 is 1.07 bits per heavy atom. The molecule has 0 atom stereocenters. The van der Waals surface area contributed by atoms with Crippen molar-refractivity contribution in [3.63, 3.8) is 0 Å². The molecule has 0 fully saturated rings. The average molecular weight is 368 g/mol. The zero-order valence-electron chi connectivity index (χ0n) is 15.7. The smallest absolute Gasteiger partial charge is 0.228 e. The van der Waals surface area contributed by atoms with E-state index in [1.54, 1.807) is 23.1 Å². The van der Waals surface area contributed by atoms with Gasteiger partial charge in [-0.3, -0.25) is 9.59 Å². The molecule has 4 nitrogen and oxygen atoms in total. The number of hydrogen-bond donors (Lipinski definition) is 0. The number of anilines is 1. The molecule has 2 aromatic rings. The van der Waals surface area contributed by atoms with Gasteiger partial charge in [0.05, 0.1) is 0 Å². The quantitative estimate of drug-likeness (QED) is 0.782. The summed E-state index contributed by atoms with van der Waals surface area (Å²) in [6.45, 7) is 2.95. The van der Waals surface area contributed by atoms with Gasteiger partial charge in [0.15, 0.2) is 0 Å². The molecule has 5 heteroatoms. The molecule has 0 spiro atoms. The maximum atomic E-state index is 13.8. The standard InChI is InChI=1S/C22H25FN2O2/c1-17(26)24(15-12-18-7-2-4-10-20(18)23)16-13-22(27)25-14-6-9-19-8-3-5-11-21(19)25/h2-5,7-8,10-11H,6,9,12-16H2,1H3. The number of aryl methyl sites for hydroxylation is 1. The van der Waals surface area contributed by atoms with Gasteiger partial charge in [0, 0.05) is 38.7 Å². The lowest BCUT2D eigenvalue weighted by Crippen LogP contribution is -2.39. The van der Waals surface area contributed by atoms with Crippen LogP contribution in [0.15, 0.2) is 48.5 Å². The molecule has 3 rings (SSSR count). The van der Waals surface area contributed by atoms with E-state index in [1.165, 1.54) is 18.6 Å². The summed E-state index contributed by atoms with van der Waals surface area (Å²) in [6, 6.07) is 14.6. The first kappa shape index (κ1) is 19.1. The van der Waals surface area contributed by atoms with E-state index >= 15 is 0 Å². The third-order valence-corrected chi connectivity index (χ3v) is 5.06. The Morgan fingerprint density at radius 3 is 2.59 bits per heavy atom. The van der Waals surface area contributed by atoms with Crippen LogP contribution in [0.3, 0.4) is 0 Å². The van der Waals surface area contributed by atoms with E-state index in [0.29, 0.717) is 31.6 Å². The summed E-state index contributed by atoms with van der Waals surface area (Å²) < 4.78 is 13.8. The molecule has 27 heavy (non-hydrogen) atoms. The first-order chi connectivity index (χ1) is 13.1. The molecular formula is C22H25FN2O2. The van der Waals surface area contributed by atoms with Crippen molar-refractivity contribution in [2.45, 2.75) is 32.6 Å². The fourth-order valence-corrected chi connectivity index (χ4v) is 3.54. The normalized spacial score (nSPS) is 13.2. The zero-order chi connectivity index (χ0) is 19.2. The predicted molar refractivity (Wildman–Crippen MR) is 104 cm³/mol. The van der Waals surface area contributed by atoms with Crippen molar-refractivity contribution in [1.29, 1.82) is 0 Å². The zero-order valence-corrected chi connectivity index (χ0v) is 15.7. The first-order valence-corrected chi connectivity index (χ1v) is 9.43. The van der Waals surface area contributed by atoms with E-state index in [2.05, 4.69) is 6.07 Å². The maximum Gasteiger partial charge on any atom is 0.228 e. The van der Waals surface area contributed by atoms with E-state index in [0.717, 1.165) is 18.5 Å². The number of amides is 2. The molecule has 1 aliphatic rings. The summed E-state index contributed by atoms with van der Waals surface area (Å²) in [5.74, 6) is -0.334. The Hall–Kier alpha value is -2.69. The minimum absolute atomic E-state index is 0.0271. The Labute approximate surface area is 159 Å². The number of carbonyl (C=O) groups is 2. The van der Waals surface area contributed by atoms with E-state index in [1.807, 2.05) is 23.1 Å². The average Bonchev–Trinajstić information content (AvgIpc) is 2.68. The minimum Gasteiger partial charge on any atom is -0.342 e. The van der Waals surface area contributed by atoms with Crippen molar-refractivity contribution in [3.05, 3.63) is 65.5 Å². The molecule has 2 amide bonds. The molecule has 0 N–H and O–H groups in total. The monoisotopic (exact) mass is 368 g/mol. The molecule has 2 aromatic carbocycles. The Kier molecular flexibility index (Phi) is 6.22. The largest absolute Gasteiger partial charge is 0.342 e. The highest BCUT2D eigenvalue weighted by Gasteiger charge is 2.22. The van der Waals surface area contributed by atoms with E-state index in [-0.39, 0.29) is 24.1 Å².